The second-order valence-corrected chi connectivity index (χ2v) is 5.00. The largest absolute Gasteiger partial charge is 0.478 e. The lowest BCUT2D eigenvalue weighted by Gasteiger charge is -2.11. The summed E-state index contributed by atoms with van der Waals surface area (Å²) in [6.45, 7) is 5.96. The molecule has 0 spiro atoms. The zero-order chi connectivity index (χ0) is 13.4. The van der Waals surface area contributed by atoms with Crippen molar-refractivity contribution in [3.63, 3.8) is 0 Å². The number of halogens is 1. The van der Waals surface area contributed by atoms with Gasteiger partial charge in [0.15, 0.2) is 0 Å². The van der Waals surface area contributed by atoms with Crippen molar-refractivity contribution in [3.05, 3.63) is 40.0 Å². The van der Waals surface area contributed by atoms with Crippen LogP contribution in [0.5, 0.6) is 0 Å². The van der Waals surface area contributed by atoms with Crippen molar-refractivity contribution < 1.29 is 9.90 Å². The molecule has 94 valence electrons. The van der Waals surface area contributed by atoms with E-state index in [1.165, 1.54) is 0 Å². The molecule has 18 heavy (non-hydrogen) atoms. The summed E-state index contributed by atoms with van der Waals surface area (Å²) >= 11 is 5.91. The number of carboxylic acids is 1. The predicted molar refractivity (Wildman–Crippen MR) is 72.5 cm³/mol. The van der Waals surface area contributed by atoms with Crippen molar-refractivity contribution in [2.24, 2.45) is 0 Å². The Labute approximate surface area is 110 Å². The van der Waals surface area contributed by atoms with E-state index in [9.17, 15) is 4.79 Å². The Morgan fingerprint density at radius 2 is 2.06 bits per heavy atom. The molecule has 3 nitrogen and oxygen atoms in total. The predicted octanol–water partition coefficient (Wildman–Crippen LogP) is 4.02. The summed E-state index contributed by atoms with van der Waals surface area (Å²) in [6, 6.07) is 5.87. The van der Waals surface area contributed by atoms with Gasteiger partial charge in [-0.2, -0.15) is 0 Å². The van der Waals surface area contributed by atoms with Crippen molar-refractivity contribution in [1.29, 1.82) is 0 Å². The van der Waals surface area contributed by atoms with E-state index in [-0.39, 0.29) is 10.7 Å². The minimum absolute atomic E-state index is 0.0461. The van der Waals surface area contributed by atoms with E-state index in [0.717, 1.165) is 16.5 Å². The highest BCUT2D eigenvalue weighted by molar-refractivity contribution is 6.33. The van der Waals surface area contributed by atoms with Gasteiger partial charge in [-0.15, -0.1) is 0 Å². The molecule has 1 aromatic carbocycles. The Morgan fingerprint density at radius 3 is 2.61 bits per heavy atom. The maximum absolute atomic E-state index is 11.2. The average Bonchev–Trinajstić information content (AvgIpc) is 2.27. The lowest BCUT2D eigenvalue weighted by Crippen LogP contribution is -2.04. The molecule has 0 amide bonds. The van der Waals surface area contributed by atoms with Gasteiger partial charge in [0.1, 0.15) is 10.7 Å². The summed E-state index contributed by atoms with van der Waals surface area (Å²) in [5.41, 5.74) is 2.64. The van der Waals surface area contributed by atoms with E-state index in [1.807, 2.05) is 18.2 Å². The van der Waals surface area contributed by atoms with Gasteiger partial charge in [-0.25, -0.2) is 9.78 Å². The number of nitrogens with zero attached hydrogens (tertiary/aromatic N) is 1. The van der Waals surface area contributed by atoms with Crippen molar-refractivity contribution in [2.45, 2.75) is 26.7 Å². The van der Waals surface area contributed by atoms with Gasteiger partial charge < -0.3 is 5.11 Å². The Morgan fingerprint density at radius 1 is 1.39 bits per heavy atom. The van der Waals surface area contributed by atoms with Crippen molar-refractivity contribution in [1.82, 2.24) is 4.98 Å². The van der Waals surface area contributed by atoms with Crippen LogP contribution in [0.1, 0.15) is 41.3 Å². The number of pyridine rings is 1. The van der Waals surface area contributed by atoms with E-state index >= 15 is 0 Å². The van der Waals surface area contributed by atoms with E-state index < -0.39 is 5.97 Å². The first-order chi connectivity index (χ1) is 8.41. The molecule has 0 unspecified atom stereocenters. The minimum atomic E-state index is -1.04. The highest BCUT2D eigenvalue weighted by atomic mass is 35.5. The molecule has 2 rings (SSSR count). The molecule has 1 N–H and O–H groups in total. The number of hydrogen-bond acceptors (Lipinski definition) is 2. The van der Waals surface area contributed by atoms with E-state index in [1.54, 1.807) is 6.92 Å². The van der Waals surface area contributed by atoms with Gasteiger partial charge in [0.2, 0.25) is 0 Å². The quantitative estimate of drug-likeness (QED) is 0.833. The van der Waals surface area contributed by atoms with Crippen molar-refractivity contribution >= 4 is 28.5 Å². The fourth-order valence-electron chi connectivity index (χ4n) is 2.01. The molecule has 0 saturated carbocycles. The van der Waals surface area contributed by atoms with Crippen LogP contribution in [0.2, 0.25) is 5.15 Å². The van der Waals surface area contributed by atoms with E-state index in [4.69, 9.17) is 16.7 Å². The van der Waals surface area contributed by atoms with Crippen LogP contribution in [0.15, 0.2) is 18.2 Å². The summed E-state index contributed by atoms with van der Waals surface area (Å²) in [4.78, 5) is 15.3. The molecule has 0 bridgehead atoms. The van der Waals surface area contributed by atoms with Gasteiger partial charge in [0, 0.05) is 5.39 Å². The number of carbonyl (C=O) groups is 1. The molecule has 0 aliphatic rings. The Hall–Kier alpha value is -1.61. The second-order valence-electron chi connectivity index (χ2n) is 4.64. The van der Waals surface area contributed by atoms with Gasteiger partial charge >= 0.3 is 5.97 Å². The molecule has 0 fully saturated rings. The van der Waals surface area contributed by atoms with Crippen LogP contribution in [0.25, 0.3) is 10.9 Å². The molecule has 0 aliphatic heterocycles. The van der Waals surface area contributed by atoms with Crippen LogP contribution in [0, 0.1) is 6.92 Å². The smallest absolute Gasteiger partial charge is 0.339 e. The fraction of sp³-hybridized carbons (Fsp3) is 0.286. The fourth-order valence-corrected chi connectivity index (χ4v) is 2.32. The summed E-state index contributed by atoms with van der Waals surface area (Å²) in [5.74, 6) is -0.653. The number of carboxylic acid groups (broad SMARTS) is 1. The van der Waals surface area contributed by atoms with Crippen LogP contribution in [-0.2, 0) is 0 Å². The van der Waals surface area contributed by atoms with Gasteiger partial charge in [0.05, 0.1) is 5.52 Å². The standard InChI is InChI=1S/C14H14ClNO2/c1-7(2)9-4-5-11-10(6-9)8(3)12(14(17)18)13(15)16-11/h4-7H,1-3H3,(H,17,18). The zero-order valence-electron chi connectivity index (χ0n) is 10.5. The van der Waals surface area contributed by atoms with Crippen molar-refractivity contribution in [3.8, 4) is 0 Å². The number of benzene rings is 1. The maximum Gasteiger partial charge on any atom is 0.339 e. The molecular weight excluding hydrogens is 250 g/mol. The minimum Gasteiger partial charge on any atom is -0.478 e. The average molecular weight is 264 g/mol. The van der Waals surface area contributed by atoms with Gasteiger partial charge in [0.25, 0.3) is 0 Å². The lowest BCUT2D eigenvalue weighted by atomic mass is 9.98. The SMILES string of the molecule is Cc1c(C(=O)O)c(Cl)nc2ccc(C(C)C)cc12. The molecule has 4 heteroatoms. The topological polar surface area (TPSA) is 50.2 Å². The third-order valence-electron chi connectivity index (χ3n) is 3.11. The lowest BCUT2D eigenvalue weighted by molar-refractivity contribution is 0.0696. The molecule has 2 aromatic rings. The highest BCUT2D eigenvalue weighted by Gasteiger charge is 2.17. The van der Waals surface area contributed by atoms with Gasteiger partial charge in [-0.05, 0) is 36.1 Å². The highest BCUT2D eigenvalue weighted by Crippen LogP contribution is 2.28. The number of aromatic nitrogens is 1. The molecular formula is C14H14ClNO2. The maximum atomic E-state index is 11.2. The third-order valence-corrected chi connectivity index (χ3v) is 3.38. The van der Waals surface area contributed by atoms with Crippen LogP contribution in [0.3, 0.4) is 0 Å². The Bertz CT molecular complexity index is 635. The van der Waals surface area contributed by atoms with Gasteiger partial charge in [-0.1, -0.05) is 31.5 Å². The summed E-state index contributed by atoms with van der Waals surface area (Å²) < 4.78 is 0. The first-order valence-corrected chi connectivity index (χ1v) is 6.12. The summed E-state index contributed by atoms with van der Waals surface area (Å²) in [7, 11) is 0. The van der Waals surface area contributed by atoms with E-state index in [0.29, 0.717) is 11.5 Å². The third kappa shape index (κ3) is 2.06. The number of aromatic carboxylic acids is 1. The van der Waals surface area contributed by atoms with Crippen molar-refractivity contribution in [2.75, 3.05) is 0 Å². The van der Waals surface area contributed by atoms with Crippen LogP contribution in [0.4, 0.5) is 0 Å². The van der Waals surface area contributed by atoms with Crippen LogP contribution in [-0.4, -0.2) is 16.1 Å². The van der Waals surface area contributed by atoms with E-state index in [2.05, 4.69) is 18.8 Å². The number of fused-ring (bicyclic) bond motifs is 1. The monoisotopic (exact) mass is 263 g/mol. The van der Waals surface area contributed by atoms with Crippen LogP contribution < -0.4 is 0 Å². The first-order valence-electron chi connectivity index (χ1n) is 5.75. The number of hydrogen-bond donors (Lipinski definition) is 1. The molecule has 1 heterocycles. The zero-order valence-corrected chi connectivity index (χ0v) is 11.2. The molecule has 0 saturated heterocycles. The molecule has 0 radical (unpaired) electrons. The molecule has 0 aliphatic carbocycles. The molecule has 1 aromatic heterocycles. The molecule has 0 atom stereocenters. The Balaban J connectivity index is 2.81. The second kappa shape index (κ2) is 4.58. The summed E-state index contributed by atoms with van der Waals surface area (Å²) in [5, 5.41) is 10.1. The normalized spacial score (nSPS) is 11.2. The number of aryl methyl sites for hydroxylation is 1. The first kappa shape index (κ1) is 12.8. The van der Waals surface area contributed by atoms with Crippen LogP contribution >= 0.6 is 11.6 Å². The Kier molecular flexibility index (Phi) is 3.26. The summed E-state index contributed by atoms with van der Waals surface area (Å²) in [6.07, 6.45) is 0. The van der Waals surface area contributed by atoms with Gasteiger partial charge in [-0.3, -0.25) is 0 Å². The number of rotatable bonds is 2.